The highest BCUT2D eigenvalue weighted by atomic mass is 35.5. The second kappa shape index (κ2) is 7.96. The van der Waals surface area contributed by atoms with Crippen LogP contribution in [-0.2, 0) is 16.4 Å². The van der Waals surface area contributed by atoms with Gasteiger partial charge in [0, 0.05) is 34.4 Å². The van der Waals surface area contributed by atoms with Gasteiger partial charge in [0.1, 0.15) is 16.2 Å². The molecule has 6 nitrogen and oxygen atoms in total. The molecule has 0 unspecified atom stereocenters. The Kier molecular flexibility index (Phi) is 5.13. The van der Waals surface area contributed by atoms with Gasteiger partial charge in [0.25, 0.3) is 10.0 Å². The number of aliphatic imine (C=N–C) groups is 1. The van der Waals surface area contributed by atoms with Crippen molar-refractivity contribution in [2.24, 2.45) is 4.99 Å². The van der Waals surface area contributed by atoms with E-state index >= 15 is 0 Å². The van der Waals surface area contributed by atoms with E-state index in [1.807, 2.05) is 30.3 Å². The predicted octanol–water partition coefficient (Wildman–Crippen LogP) is 5.25. The normalized spacial score (nSPS) is 13.5. The van der Waals surface area contributed by atoms with Crippen LogP contribution in [0.1, 0.15) is 16.7 Å². The van der Waals surface area contributed by atoms with Crippen molar-refractivity contribution in [1.82, 2.24) is 5.16 Å². The molecular formula is C22H16ClN3O3S2. The van der Waals surface area contributed by atoms with Gasteiger partial charge in [0.15, 0.2) is 0 Å². The molecule has 0 atom stereocenters. The van der Waals surface area contributed by atoms with Gasteiger partial charge in [-0.3, -0.25) is 9.71 Å². The molecule has 0 bridgehead atoms. The lowest BCUT2D eigenvalue weighted by Gasteiger charge is -2.18. The average Bonchev–Trinajstić information content (AvgIpc) is 3.45. The van der Waals surface area contributed by atoms with E-state index in [0.717, 1.165) is 34.6 Å². The molecule has 31 heavy (non-hydrogen) atoms. The first-order valence-electron chi connectivity index (χ1n) is 9.47. The Bertz CT molecular complexity index is 1390. The van der Waals surface area contributed by atoms with Crippen LogP contribution in [-0.4, -0.2) is 25.8 Å². The molecule has 0 saturated heterocycles. The van der Waals surface area contributed by atoms with Crippen LogP contribution in [0, 0.1) is 0 Å². The number of anilines is 1. The second-order valence-corrected chi connectivity index (χ2v) is 10.4. The number of aromatic nitrogens is 1. The molecule has 156 valence electrons. The summed E-state index contributed by atoms with van der Waals surface area (Å²) >= 11 is 7.33. The first-order chi connectivity index (χ1) is 15.0. The molecule has 0 radical (unpaired) electrons. The van der Waals surface area contributed by atoms with Gasteiger partial charge < -0.3 is 4.52 Å². The molecule has 0 fully saturated rings. The molecule has 1 N–H and O–H groups in total. The van der Waals surface area contributed by atoms with Crippen molar-refractivity contribution in [1.29, 1.82) is 0 Å². The van der Waals surface area contributed by atoms with Crippen molar-refractivity contribution in [3.63, 3.8) is 0 Å². The maximum Gasteiger partial charge on any atom is 0.271 e. The number of thiophene rings is 1. The van der Waals surface area contributed by atoms with Gasteiger partial charge in [-0.1, -0.05) is 35.0 Å². The van der Waals surface area contributed by atoms with Crippen LogP contribution in [0.3, 0.4) is 0 Å². The third kappa shape index (κ3) is 4.01. The maximum absolute atomic E-state index is 12.9. The van der Waals surface area contributed by atoms with E-state index in [4.69, 9.17) is 16.1 Å². The zero-order valence-electron chi connectivity index (χ0n) is 16.1. The molecular weight excluding hydrogens is 454 g/mol. The Morgan fingerprint density at radius 3 is 2.81 bits per heavy atom. The van der Waals surface area contributed by atoms with Gasteiger partial charge in [-0.2, -0.15) is 0 Å². The van der Waals surface area contributed by atoms with E-state index in [0.29, 0.717) is 27.8 Å². The van der Waals surface area contributed by atoms with Crippen LogP contribution in [0.15, 0.2) is 80.7 Å². The maximum atomic E-state index is 12.9. The highest BCUT2D eigenvalue weighted by molar-refractivity contribution is 7.94. The highest BCUT2D eigenvalue weighted by Gasteiger charge is 2.20. The fourth-order valence-corrected chi connectivity index (χ4v) is 5.97. The van der Waals surface area contributed by atoms with Crippen LogP contribution in [0.25, 0.3) is 10.6 Å². The number of nitrogens with zero attached hydrogens (tertiary/aromatic N) is 2. The summed E-state index contributed by atoms with van der Waals surface area (Å²) in [4.78, 5) is 5.39. The molecule has 0 saturated carbocycles. The number of fused-ring (bicyclic) bond motifs is 1. The third-order valence-electron chi connectivity index (χ3n) is 4.90. The number of hydrogen-bond donors (Lipinski definition) is 1. The monoisotopic (exact) mass is 469 g/mol. The van der Waals surface area contributed by atoms with E-state index in [1.165, 1.54) is 11.8 Å². The van der Waals surface area contributed by atoms with Crippen molar-refractivity contribution in [2.45, 2.75) is 10.6 Å². The minimum Gasteiger partial charge on any atom is -0.364 e. The topological polar surface area (TPSA) is 84.6 Å². The number of benzene rings is 2. The van der Waals surface area contributed by atoms with Gasteiger partial charge >= 0.3 is 0 Å². The van der Waals surface area contributed by atoms with Gasteiger partial charge in [-0.25, -0.2) is 8.42 Å². The summed E-state index contributed by atoms with van der Waals surface area (Å²) in [7, 11) is -3.75. The summed E-state index contributed by atoms with van der Waals surface area (Å²) in [5.74, 6) is 0. The fourth-order valence-electron chi connectivity index (χ4n) is 3.48. The summed E-state index contributed by atoms with van der Waals surface area (Å²) in [5.41, 5.74) is 4.87. The molecule has 9 heteroatoms. The fraction of sp³-hybridized carbons (Fsp3) is 0.0909. The Morgan fingerprint density at radius 1 is 1.06 bits per heavy atom. The number of rotatable bonds is 5. The first kappa shape index (κ1) is 20.0. The average molecular weight is 470 g/mol. The van der Waals surface area contributed by atoms with E-state index in [-0.39, 0.29) is 4.21 Å². The van der Waals surface area contributed by atoms with E-state index in [2.05, 4.69) is 14.9 Å². The van der Waals surface area contributed by atoms with Crippen molar-refractivity contribution < 1.29 is 12.9 Å². The Balaban J connectivity index is 1.44. The number of halogens is 1. The van der Waals surface area contributed by atoms with Crippen molar-refractivity contribution in [3.8, 4) is 10.6 Å². The van der Waals surface area contributed by atoms with Crippen LogP contribution in [0.5, 0.6) is 0 Å². The number of nitrogens with one attached hydrogen (secondary N) is 1. The van der Waals surface area contributed by atoms with Crippen molar-refractivity contribution in [2.75, 3.05) is 11.3 Å². The number of sulfonamides is 1. The third-order valence-corrected chi connectivity index (χ3v) is 8.12. The smallest absolute Gasteiger partial charge is 0.271 e. The largest absolute Gasteiger partial charge is 0.364 e. The summed E-state index contributed by atoms with van der Waals surface area (Å²) in [6, 6.07) is 18.0. The summed E-state index contributed by atoms with van der Waals surface area (Å²) in [5, 5.41) is 4.50. The molecule has 3 heterocycles. The standard InChI is InChI=1S/C22H16ClN3O3S2/c23-16-5-4-14-8-10-24-22(18(14)13-16)15-2-1-3-17(12-15)26-31(27,28)21-7-6-20(30-21)19-9-11-29-25-19/h1-7,9,11-13,26H,8,10H2. The molecule has 2 aromatic heterocycles. The van der Waals surface area contributed by atoms with E-state index < -0.39 is 10.0 Å². The molecule has 1 aliphatic heterocycles. The Morgan fingerprint density at radius 2 is 1.97 bits per heavy atom. The predicted molar refractivity (Wildman–Crippen MR) is 123 cm³/mol. The molecule has 0 amide bonds. The summed E-state index contributed by atoms with van der Waals surface area (Å²) in [6.07, 6.45) is 2.31. The van der Waals surface area contributed by atoms with Gasteiger partial charge in [0.05, 0.1) is 10.6 Å². The minimum atomic E-state index is -3.75. The Hall–Kier alpha value is -2.94. The highest BCUT2D eigenvalue weighted by Crippen LogP contribution is 2.31. The molecule has 4 aromatic rings. The molecule has 2 aromatic carbocycles. The lowest BCUT2D eigenvalue weighted by Crippen LogP contribution is -2.15. The quantitative estimate of drug-likeness (QED) is 0.432. The van der Waals surface area contributed by atoms with Gasteiger partial charge in [0.2, 0.25) is 0 Å². The van der Waals surface area contributed by atoms with Gasteiger partial charge in [-0.15, -0.1) is 11.3 Å². The molecule has 0 spiro atoms. The van der Waals surface area contributed by atoms with Crippen LogP contribution < -0.4 is 4.72 Å². The second-order valence-electron chi connectivity index (χ2n) is 6.97. The molecule has 1 aliphatic rings. The van der Waals surface area contributed by atoms with Crippen LogP contribution >= 0.6 is 22.9 Å². The molecule has 0 aliphatic carbocycles. The lowest BCUT2D eigenvalue weighted by molar-refractivity contribution is 0.422. The van der Waals surface area contributed by atoms with Crippen LogP contribution in [0.4, 0.5) is 5.69 Å². The summed E-state index contributed by atoms with van der Waals surface area (Å²) < 4.78 is 33.5. The van der Waals surface area contributed by atoms with E-state index in [9.17, 15) is 8.42 Å². The van der Waals surface area contributed by atoms with E-state index in [1.54, 1.807) is 30.3 Å². The SMILES string of the molecule is O=S(=O)(Nc1cccc(C2=NCCc3ccc(Cl)cc32)c1)c1ccc(-c2ccon2)s1. The molecule has 5 rings (SSSR count). The Labute approximate surface area is 188 Å². The minimum absolute atomic E-state index is 0.197. The van der Waals surface area contributed by atoms with Gasteiger partial charge in [-0.05, 0) is 48.4 Å². The summed E-state index contributed by atoms with van der Waals surface area (Å²) in [6.45, 7) is 0.680. The van der Waals surface area contributed by atoms with Crippen molar-refractivity contribution in [3.05, 3.63) is 88.6 Å². The zero-order chi connectivity index (χ0) is 21.4. The van der Waals surface area contributed by atoms with Crippen molar-refractivity contribution >= 4 is 44.4 Å². The zero-order valence-corrected chi connectivity index (χ0v) is 18.5. The number of hydrogen-bond acceptors (Lipinski definition) is 6. The first-order valence-corrected chi connectivity index (χ1v) is 12.1. The van der Waals surface area contributed by atoms with Crippen LogP contribution in [0.2, 0.25) is 5.02 Å². The lowest BCUT2D eigenvalue weighted by atomic mass is 9.93.